The Morgan fingerprint density at radius 1 is 1.41 bits per heavy atom. The molecule has 2 fully saturated rings. The van der Waals surface area contributed by atoms with Crippen LogP contribution in [-0.4, -0.2) is 53.3 Å². The Hall–Kier alpha value is -0.980. The van der Waals surface area contributed by atoms with Crippen LogP contribution in [0.15, 0.2) is 5.38 Å². The molecule has 0 unspecified atom stereocenters. The summed E-state index contributed by atoms with van der Waals surface area (Å²) in [5, 5.41) is 13.6. The van der Waals surface area contributed by atoms with Gasteiger partial charge in [0.2, 0.25) is 0 Å². The molecule has 1 saturated heterocycles. The van der Waals surface area contributed by atoms with Gasteiger partial charge < -0.3 is 9.84 Å². The normalized spacial score (nSPS) is 30.6. The van der Waals surface area contributed by atoms with Crippen molar-refractivity contribution in [2.45, 2.75) is 50.7 Å². The van der Waals surface area contributed by atoms with Gasteiger partial charge in [0.25, 0.3) is 0 Å². The molecular formula is C16H24N2O3S. The molecule has 2 aliphatic rings. The largest absolute Gasteiger partial charge is 0.469 e. The zero-order chi connectivity index (χ0) is 15.7. The van der Waals surface area contributed by atoms with Crippen LogP contribution in [0.25, 0.3) is 0 Å². The van der Waals surface area contributed by atoms with E-state index < -0.39 is 6.10 Å². The molecule has 1 aliphatic carbocycles. The SMILES string of the molecule is COC(=O)[C@H]1C[C@@H](N2CCC(c3nc(C)cs3)CC2)[C@@H](O)C1. The number of likely N-dealkylation sites (tertiary alicyclic amines) is 1. The Bertz CT molecular complexity index is 525. The zero-order valence-electron chi connectivity index (χ0n) is 13.2. The summed E-state index contributed by atoms with van der Waals surface area (Å²) < 4.78 is 4.82. The lowest BCUT2D eigenvalue weighted by molar-refractivity contribution is -0.145. The molecule has 1 aromatic rings. The van der Waals surface area contributed by atoms with E-state index in [-0.39, 0.29) is 17.9 Å². The Balaban J connectivity index is 1.56. The first-order chi connectivity index (χ1) is 10.6. The van der Waals surface area contributed by atoms with Gasteiger partial charge in [0.15, 0.2) is 0 Å². The molecule has 0 spiro atoms. The van der Waals surface area contributed by atoms with E-state index in [9.17, 15) is 9.90 Å². The maximum absolute atomic E-state index is 11.7. The van der Waals surface area contributed by atoms with Crippen LogP contribution in [-0.2, 0) is 9.53 Å². The monoisotopic (exact) mass is 324 g/mol. The van der Waals surface area contributed by atoms with Crippen molar-refractivity contribution >= 4 is 17.3 Å². The first-order valence-electron chi connectivity index (χ1n) is 8.00. The Kier molecular flexibility index (Phi) is 4.80. The number of rotatable bonds is 3. The van der Waals surface area contributed by atoms with Gasteiger partial charge in [-0.05, 0) is 45.7 Å². The minimum absolute atomic E-state index is 0.100. The molecular weight excluding hydrogens is 300 g/mol. The minimum Gasteiger partial charge on any atom is -0.469 e. The number of aliphatic hydroxyl groups excluding tert-OH is 1. The van der Waals surface area contributed by atoms with Gasteiger partial charge in [-0.15, -0.1) is 11.3 Å². The number of piperidine rings is 1. The molecule has 3 rings (SSSR count). The molecule has 6 heteroatoms. The maximum Gasteiger partial charge on any atom is 0.308 e. The fourth-order valence-corrected chi connectivity index (χ4v) is 4.75. The van der Waals surface area contributed by atoms with Crippen molar-refractivity contribution in [1.82, 2.24) is 9.88 Å². The number of esters is 1. The molecule has 22 heavy (non-hydrogen) atoms. The highest BCUT2D eigenvalue weighted by molar-refractivity contribution is 7.09. The van der Waals surface area contributed by atoms with Gasteiger partial charge >= 0.3 is 5.97 Å². The lowest BCUT2D eigenvalue weighted by Gasteiger charge is -2.36. The van der Waals surface area contributed by atoms with E-state index in [0.717, 1.165) is 38.0 Å². The Labute approximate surface area is 135 Å². The van der Waals surface area contributed by atoms with Crippen LogP contribution in [0.3, 0.4) is 0 Å². The summed E-state index contributed by atoms with van der Waals surface area (Å²) in [6.45, 7) is 3.98. The summed E-state index contributed by atoms with van der Waals surface area (Å²) >= 11 is 1.76. The third kappa shape index (κ3) is 3.19. The van der Waals surface area contributed by atoms with Gasteiger partial charge in [-0.1, -0.05) is 0 Å². The van der Waals surface area contributed by atoms with Crippen molar-refractivity contribution in [1.29, 1.82) is 0 Å². The predicted octanol–water partition coefficient (Wildman–Crippen LogP) is 1.94. The fourth-order valence-electron chi connectivity index (χ4n) is 3.78. The average molecular weight is 324 g/mol. The second-order valence-corrected chi connectivity index (χ2v) is 7.35. The lowest BCUT2D eigenvalue weighted by atomic mass is 9.95. The number of aromatic nitrogens is 1. The van der Waals surface area contributed by atoms with Gasteiger partial charge in [0, 0.05) is 23.0 Å². The molecule has 5 nitrogen and oxygen atoms in total. The van der Waals surface area contributed by atoms with Crippen molar-refractivity contribution in [3.05, 3.63) is 16.1 Å². The molecule has 0 amide bonds. The second kappa shape index (κ2) is 6.64. The summed E-state index contributed by atoms with van der Waals surface area (Å²) in [5.74, 6) is 0.212. The van der Waals surface area contributed by atoms with Crippen molar-refractivity contribution in [3.8, 4) is 0 Å². The first kappa shape index (κ1) is 15.9. The number of nitrogens with zero attached hydrogens (tertiary/aromatic N) is 2. The van der Waals surface area contributed by atoms with E-state index in [4.69, 9.17) is 4.74 Å². The van der Waals surface area contributed by atoms with Crippen LogP contribution in [0.1, 0.15) is 42.3 Å². The number of methoxy groups -OCH3 is 1. The smallest absolute Gasteiger partial charge is 0.308 e. The van der Waals surface area contributed by atoms with Gasteiger partial charge in [-0.2, -0.15) is 0 Å². The first-order valence-corrected chi connectivity index (χ1v) is 8.88. The molecule has 2 heterocycles. The summed E-state index contributed by atoms with van der Waals surface area (Å²) in [4.78, 5) is 18.6. The Morgan fingerprint density at radius 2 is 2.14 bits per heavy atom. The summed E-state index contributed by atoms with van der Waals surface area (Å²) in [5.41, 5.74) is 1.11. The van der Waals surface area contributed by atoms with Gasteiger partial charge in [0.1, 0.15) is 0 Å². The van der Waals surface area contributed by atoms with E-state index >= 15 is 0 Å². The highest BCUT2D eigenvalue weighted by Gasteiger charge is 2.41. The number of carbonyl (C=O) groups is 1. The predicted molar refractivity (Wildman–Crippen MR) is 84.9 cm³/mol. The van der Waals surface area contributed by atoms with Gasteiger partial charge in [-0.25, -0.2) is 4.98 Å². The summed E-state index contributed by atoms with van der Waals surface area (Å²) in [7, 11) is 1.42. The number of carbonyl (C=O) groups excluding carboxylic acids is 1. The van der Waals surface area contributed by atoms with Crippen molar-refractivity contribution in [2.75, 3.05) is 20.2 Å². The quantitative estimate of drug-likeness (QED) is 0.861. The average Bonchev–Trinajstić information content (AvgIpc) is 3.13. The van der Waals surface area contributed by atoms with E-state index in [1.165, 1.54) is 12.1 Å². The minimum atomic E-state index is -0.414. The standard InChI is InChI=1S/C16H24N2O3S/c1-10-9-22-15(17-10)11-3-5-18(6-4-11)13-7-12(8-14(13)19)16(20)21-2/h9,11-14,19H,3-8H2,1-2H3/t12-,13+,14-/m0/s1. The highest BCUT2D eigenvalue weighted by atomic mass is 32.1. The number of thiazole rings is 1. The molecule has 0 radical (unpaired) electrons. The topological polar surface area (TPSA) is 62.7 Å². The number of aryl methyl sites for hydroxylation is 1. The van der Waals surface area contributed by atoms with Gasteiger partial charge in [-0.3, -0.25) is 9.69 Å². The third-order valence-electron chi connectivity index (χ3n) is 5.02. The molecule has 0 aromatic carbocycles. The fraction of sp³-hybridized carbons (Fsp3) is 0.750. The highest BCUT2D eigenvalue weighted by Crippen LogP contribution is 2.36. The summed E-state index contributed by atoms with van der Waals surface area (Å²) in [6, 6.07) is 0.100. The third-order valence-corrected chi connectivity index (χ3v) is 6.14. The van der Waals surface area contributed by atoms with E-state index in [0.29, 0.717) is 12.3 Å². The zero-order valence-corrected chi connectivity index (χ0v) is 14.0. The molecule has 1 aromatic heterocycles. The lowest BCUT2D eigenvalue weighted by Crippen LogP contribution is -2.44. The van der Waals surface area contributed by atoms with Crippen LogP contribution in [0.2, 0.25) is 0 Å². The van der Waals surface area contributed by atoms with E-state index in [1.54, 1.807) is 11.3 Å². The van der Waals surface area contributed by atoms with Crippen molar-refractivity contribution in [3.63, 3.8) is 0 Å². The number of hydrogen-bond donors (Lipinski definition) is 1. The number of ether oxygens (including phenoxy) is 1. The Morgan fingerprint density at radius 3 is 2.73 bits per heavy atom. The van der Waals surface area contributed by atoms with E-state index in [1.807, 2.05) is 6.92 Å². The van der Waals surface area contributed by atoms with Crippen molar-refractivity contribution < 1.29 is 14.6 Å². The van der Waals surface area contributed by atoms with Crippen LogP contribution in [0.4, 0.5) is 0 Å². The van der Waals surface area contributed by atoms with Gasteiger partial charge in [0.05, 0.1) is 24.1 Å². The second-order valence-electron chi connectivity index (χ2n) is 6.46. The van der Waals surface area contributed by atoms with Crippen LogP contribution in [0, 0.1) is 12.8 Å². The molecule has 1 N–H and O–H groups in total. The summed E-state index contributed by atoms with van der Waals surface area (Å²) in [6.07, 6.45) is 3.00. The molecule has 3 atom stereocenters. The molecule has 0 bridgehead atoms. The maximum atomic E-state index is 11.7. The van der Waals surface area contributed by atoms with Crippen LogP contribution in [0.5, 0.6) is 0 Å². The molecule has 1 aliphatic heterocycles. The molecule has 122 valence electrons. The molecule has 1 saturated carbocycles. The van der Waals surface area contributed by atoms with Crippen LogP contribution >= 0.6 is 11.3 Å². The van der Waals surface area contributed by atoms with Crippen LogP contribution < -0.4 is 0 Å². The van der Waals surface area contributed by atoms with E-state index in [2.05, 4.69) is 15.3 Å². The number of hydrogen-bond acceptors (Lipinski definition) is 6. The number of aliphatic hydroxyl groups is 1. The van der Waals surface area contributed by atoms with Crippen molar-refractivity contribution in [2.24, 2.45) is 5.92 Å².